The smallest absolute Gasteiger partial charge is 0.135 e. The van der Waals surface area contributed by atoms with E-state index in [1.54, 1.807) is 0 Å². The minimum absolute atomic E-state index is 0.433. The lowest BCUT2D eigenvalue weighted by Gasteiger charge is -2.32. The zero-order valence-corrected chi connectivity index (χ0v) is 24.9. The van der Waals surface area contributed by atoms with E-state index in [1.807, 2.05) is 0 Å². The van der Waals surface area contributed by atoms with E-state index in [9.17, 15) is 0 Å². The average Bonchev–Trinajstić information content (AvgIpc) is 3.59. The number of hydrogen-bond acceptors (Lipinski definition) is 1. The van der Waals surface area contributed by atoms with Gasteiger partial charge in [-0.1, -0.05) is 140 Å². The van der Waals surface area contributed by atoms with Gasteiger partial charge in [0, 0.05) is 10.9 Å². The molecule has 46 heavy (non-hydrogen) atoms. The molecule has 2 aliphatic carbocycles. The molecule has 0 fully saturated rings. The topological polar surface area (TPSA) is 9.23 Å². The number of fused-ring (bicyclic) bond motifs is 14. The molecule has 0 radical (unpaired) electrons. The van der Waals surface area contributed by atoms with Crippen LogP contribution in [0.4, 0.5) is 0 Å². The van der Waals surface area contributed by atoms with Crippen molar-refractivity contribution in [2.45, 2.75) is 5.41 Å². The fourth-order valence-electron chi connectivity index (χ4n) is 8.94. The summed E-state index contributed by atoms with van der Waals surface area (Å²) in [6.07, 6.45) is 0. The predicted octanol–water partition coefficient (Wildman–Crippen LogP) is 11.8. The van der Waals surface area contributed by atoms with Gasteiger partial charge in [0.2, 0.25) is 0 Å². The van der Waals surface area contributed by atoms with Crippen LogP contribution in [0.1, 0.15) is 22.3 Å². The van der Waals surface area contributed by atoms with Crippen molar-refractivity contribution in [3.63, 3.8) is 0 Å². The maximum Gasteiger partial charge on any atom is 0.135 e. The van der Waals surface area contributed by atoms with Crippen LogP contribution in [0.15, 0.2) is 158 Å². The molecule has 8 aromatic rings. The highest BCUT2D eigenvalue weighted by molar-refractivity contribution is 6.08. The Bertz CT molecular complexity index is 2620. The summed E-state index contributed by atoms with van der Waals surface area (Å²) in [4.78, 5) is 0. The lowest BCUT2D eigenvalue weighted by molar-refractivity contribution is 0.487. The summed E-state index contributed by atoms with van der Waals surface area (Å²) < 4.78 is 6.51. The minimum atomic E-state index is -0.433. The third-order valence-electron chi connectivity index (χ3n) is 10.7. The molecule has 3 aliphatic rings. The number of ether oxygens (including phenoxy) is 1. The number of benzene rings is 8. The van der Waals surface area contributed by atoms with Gasteiger partial charge in [-0.05, 0) is 95.6 Å². The fraction of sp³-hybridized carbons (Fsp3) is 0.0222. The molecule has 8 aromatic carbocycles. The SMILES string of the molecule is c1ccc2c(c1)-c1cccc(-c3ccc4c(c3)-c3cccc5cccc(c35)O4)c1C21c2ccccc2-c2c1ccc1ccccc21. The van der Waals surface area contributed by atoms with Gasteiger partial charge in [-0.2, -0.15) is 0 Å². The van der Waals surface area contributed by atoms with E-state index < -0.39 is 5.41 Å². The first-order chi connectivity index (χ1) is 22.8. The lowest BCUT2D eigenvalue weighted by Crippen LogP contribution is -2.26. The average molecular weight is 583 g/mol. The molecule has 11 rings (SSSR count). The molecule has 0 bridgehead atoms. The quantitative estimate of drug-likeness (QED) is 0.187. The summed E-state index contributed by atoms with van der Waals surface area (Å²) in [6.45, 7) is 0. The van der Waals surface area contributed by atoms with Crippen molar-refractivity contribution >= 4 is 21.5 Å². The van der Waals surface area contributed by atoms with Crippen molar-refractivity contribution < 1.29 is 4.74 Å². The summed E-state index contributed by atoms with van der Waals surface area (Å²) in [5.41, 5.74) is 15.2. The van der Waals surface area contributed by atoms with Crippen LogP contribution in [0.25, 0.3) is 66.1 Å². The third kappa shape index (κ3) is 2.87. The van der Waals surface area contributed by atoms with E-state index in [1.165, 1.54) is 82.7 Å². The molecule has 1 heteroatoms. The second-order valence-electron chi connectivity index (χ2n) is 12.8. The second kappa shape index (κ2) is 8.62. The lowest BCUT2D eigenvalue weighted by atomic mass is 9.68. The predicted molar refractivity (Wildman–Crippen MR) is 189 cm³/mol. The van der Waals surface area contributed by atoms with E-state index >= 15 is 0 Å². The van der Waals surface area contributed by atoms with Gasteiger partial charge in [0.25, 0.3) is 0 Å². The van der Waals surface area contributed by atoms with Crippen molar-refractivity contribution in [3.05, 3.63) is 180 Å². The zero-order valence-electron chi connectivity index (χ0n) is 24.9. The Kier molecular flexibility index (Phi) is 4.57. The Morgan fingerprint density at radius 1 is 0.391 bits per heavy atom. The highest BCUT2D eigenvalue weighted by Crippen LogP contribution is 2.65. The van der Waals surface area contributed by atoms with Crippen LogP contribution in [-0.4, -0.2) is 0 Å². The van der Waals surface area contributed by atoms with Gasteiger partial charge < -0.3 is 4.74 Å². The van der Waals surface area contributed by atoms with Gasteiger partial charge in [0.15, 0.2) is 0 Å². The van der Waals surface area contributed by atoms with Crippen LogP contribution >= 0.6 is 0 Å². The maximum atomic E-state index is 6.51. The Labute approximate surface area is 267 Å². The van der Waals surface area contributed by atoms with Crippen LogP contribution in [0.3, 0.4) is 0 Å². The summed E-state index contributed by atoms with van der Waals surface area (Å²) in [5, 5.41) is 4.97. The van der Waals surface area contributed by atoms with Crippen molar-refractivity contribution in [1.82, 2.24) is 0 Å². The summed E-state index contributed by atoms with van der Waals surface area (Å²) in [7, 11) is 0. The van der Waals surface area contributed by atoms with Crippen LogP contribution < -0.4 is 4.74 Å². The molecule has 0 saturated carbocycles. The van der Waals surface area contributed by atoms with Crippen molar-refractivity contribution in [3.8, 4) is 56.0 Å². The molecule has 1 spiro atoms. The van der Waals surface area contributed by atoms with Crippen molar-refractivity contribution in [2.24, 2.45) is 0 Å². The summed E-state index contributed by atoms with van der Waals surface area (Å²) >= 11 is 0. The minimum Gasteiger partial charge on any atom is -0.456 e. The molecule has 1 nitrogen and oxygen atoms in total. The van der Waals surface area contributed by atoms with Crippen LogP contribution in [0, 0.1) is 0 Å². The van der Waals surface area contributed by atoms with Gasteiger partial charge in [0.05, 0.1) is 5.41 Å². The Morgan fingerprint density at radius 3 is 1.98 bits per heavy atom. The first kappa shape index (κ1) is 24.4. The van der Waals surface area contributed by atoms with Crippen molar-refractivity contribution in [2.75, 3.05) is 0 Å². The van der Waals surface area contributed by atoms with E-state index in [-0.39, 0.29) is 0 Å². The van der Waals surface area contributed by atoms with Gasteiger partial charge in [-0.3, -0.25) is 0 Å². The molecule has 212 valence electrons. The highest BCUT2D eigenvalue weighted by atomic mass is 16.5. The number of rotatable bonds is 1. The van der Waals surface area contributed by atoms with E-state index in [0.717, 1.165) is 17.1 Å². The molecule has 1 aliphatic heterocycles. The molecule has 1 heterocycles. The third-order valence-corrected chi connectivity index (χ3v) is 10.7. The Hall–Kier alpha value is -5.92. The maximum absolute atomic E-state index is 6.51. The molecule has 0 aromatic heterocycles. The Balaban J connectivity index is 1.25. The van der Waals surface area contributed by atoms with E-state index in [0.29, 0.717) is 0 Å². The fourth-order valence-corrected chi connectivity index (χ4v) is 8.94. The van der Waals surface area contributed by atoms with E-state index in [2.05, 4.69) is 158 Å². The first-order valence-corrected chi connectivity index (χ1v) is 16.0. The van der Waals surface area contributed by atoms with Crippen LogP contribution in [0.5, 0.6) is 11.5 Å². The molecule has 1 atom stereocenters. The molecule has 0 amide bonds. The normalized spacial score (nSPS) is 16.1. The van der Waals surface area contributed by atoms with Gasteiger partial charge in [0.1, 0.15) is 11.5 Å². The van der Waals surface area contributed by atoms with Crippen LogP contribution in [-0.2, 0) is 5.41 Å². The molecule has 0 N–H and O–H groups in total. The van der Waals surface area contributed by atoms with E-state index in [4.69, 9.17) is 4.74 Å². The monoisotopic (exact) mass is 582 g/mol. The van der Waals surface area contributed by atoms with Gasteiger partial charge in [-0.15, -0.1) is 0 Å². The first-order valence-electron chi connectivity index (χ1n) is 16.0. The second-order valence-corrected chi connectivity index (χ2v) is 12.8. The highest BCUT2D eigenvalue weighted by Gasteiger charge is 2.53. The number of hydrogen-bond donors (Lipinski definition) is 0. The molecule has 1 unspecified atom stereocenters. The van der Waals surface area contributed by atoms with Gasteiger partial charge >= 0.3 is 0 Å². The summed E-state index contributed by atoms with van der Waals surface area (Å²) in [6, 6.07) is 58.3. The Morgan fingerprint density at radius 2 is 1.07 bits per heavy atom. The van der Waals surface area contributed by atoms with Gasteiger partial charge in [-0.25, -0.2) is 0 Å². The molecule has 0 saturated heterocycles. The van der Waals surface area contributed by atoms with Crippen molar-refractivity contribution in [1.29, 1.82) is 0 Å². The molecular formula is C45H26O. The van der Waals surface area contributed by atoms with Crippen LogP contribution in [0.2, 0.25) is 0 Å². The summed E-state index contributed by atoms with van der Waals surface area (Å²) in [5.74, 6) is 1.83. The standard InChI is InChI=1S/C45H26O/c1-2-13-30-27(10-1)22-24-39-43(30)35-15-4-6-20-38(35)45(39)37-19-5-3-14-32(37)34-18-9-16-31(44(34)45)29-23-25-40-36(26-29)33-17-7-11-28-12-8-21-41(46-40)42(28)33/h1-26H. The molecular weight excluding hydrogens is 556 g/mol. The largest absolute Gasteiger partial charge is 0.456 e. The zero-order chi connectivity index (χ0) is 30.0.